The number of aryl methyl sites for hydroxylation is 1. The smallest absolute Gasteiger partial charge is 0.244 e. The quantitative estimate of drug-likeness (QED) is 0.654. The predicted molar refractivity (Wildman–Crippen MR) is 105 cm³/mol. The van der Waals surface area contributed by atoms with E-state index in [0.717, 1.165) is 22.6 Å². The number of rotatable bonds is 5. The minimum absolute atomic E-state index is 0.0251. The predicted octanol–water partition coefficient (Wildman–Crippen LogP) is 4.61. The number of para-hydroxylation sites is 1. The van der Waals surface area contributed by atoms with Crippen LogP contribution in [0.3, 0.4) is 0 Å². The first-order valence-electron chi connectivity index (χ1n) is 8.47. The van der Waals surface area contributed by atoms with Crippen LogP contribution in [-0.4, -0.2) is 15.7 Å². The first-order valence-corrected chi connectivity index (χ1v) is 8.85. The molecule has 4 nitrogen and oxygen atoms in total. The van der Waals surface area contributed by atoms with Crippen molar-refractivity contribution in [1.29, 1.82) is 0 Å². The van der Waals surface area contributed by atoms with E-state index in [0.29, 0.717) is 12.1 Å². The molecule has 1 N–H and O–H groups in total. The van der Waals surface area contributed by atoms with Crippen molar-refractivity contribution in [3.8, 4) is 5.69 Å². The Hall–Kier alpha value is -2.92. The SMILES string of the molecule is Cc1nn(-c2ccccc2)c(C)c1CNC(=O)/C=C/c1ccc(F)c(Cl)c1. The fraction of sp³-hybridized carbons (Fsp3) is 0.143. The average molecular weight is 384 g/mol. The Morgan fingerprint density at radius 1 is 1.22 bits per heavy atom. The first-order chi connectivity index (χ1) is 13.0. The summed E-state index contributed by atoms with van der Waals surface area (Å²) in [5.41, 5.74) is 4.45. The summed E-state index contributed by atoms with van der Waals surface area (Å²) in [6, 6.07) is 14.1. The standard InChI is InChI=1S/C21H19ClFN3O/c1-14-18(15(2)26(25-14)17-6-4-3-5-7-17)13-24-21(27)11-9-16-8-10-20(23)19(22)12-16/h3-12H,13H2,1-2H3,(H,24,27)/b11-9+. The summed E-state index contributed by atoms with van der Waals surface area (Å²) in [6.45, 7) is 4.27. The number of nitrogens with zero attached hydrogens (tertiary/aromatic N) is 2. The van der Waals surface area contributed by atoms with Crippen LogP contribution in [0.15, 0.2) is 54.6 Å². The van der Waals surface area contributed by atoms with Crippen LogP contribution in [0.2, 0.25) is 5.02 Å². The summed E-state index contributed by atoms with van der Waals surface area (Å²) >= 11 is 5.74. The number of benzene rings is 2. The molecule has 3 rings (SSSR count). The third-order valence-electron chi connectivity index (χ3n) is 4.25. The molecular formula is C21H19ClFN3O. The third-order valence-corrected chi connectivity index (χ3v) is 4.54. The van der Waals surface area contributed by atoms with Gasteiger partial charge in [0.05, 0.1) is 16.4 Å². The molecule has 0 unspecified atom stereocenters. The number of hydrogen-bond acceptors (Lipinski definition) is 2. The average Bonchev–Trinajstić information content (AvgIpc) is 2.95. The van der Waals surface area contributed by atoms with E-state index in [1.54, 1.807) is 12.1 Å². The number of aromatic nitrogens is 2. The lowest BCUT2D eigenvalue weighted by Gasteiger charge is -2.06. The maximum absolute atomic E-state index is 13.2. The van der Waals surface area contributed by atoms with Crippen molar-refractivity contribution in [3.05, 3.63) is 88.0 Å². The van der Waals surface area contributed by atoms with E-state index >= 15 is 0 Å². The van der Waals surface area contributed by atoms with Gasteiger partial charge in [-0.1, -0.05) is 35.9 Å². The van der Waals surface area contributed by atoms with Gasteiger partial charge >= 0.3 is 0 Å². The van der Waals surface area contributed by atoms with Crippen LogP contribution in [0.5, 0.6) is 0 Å². The maximum atomic E-state index is 13.2. The topological polar surface area (TPSA) is 46.9 Å². The van der Waals surface area contributed by atoms with Crippen molar-refractivity contribution in [2.45, 2.75) is 20.4 Å². The van der Waals surface area contributed by atoms with Gasteiger partial charge in [-0.3, -0.25) is 4.79 Å². The van der Waals surface area contributed by atoms with E-state index in [9.17, 15) is 9.18 Å². The molecule has 1 amide bonds. The molecule has 3 aromatic rings. The second-order valence-corrected chi connectivity index (χ2v) is 6.53. The van der Waals surface area contributed by atoms with Crippen molar-refractivity contribution < 1.29 is 9.18 Å². The Bertz CT molecular complexity index is 996. The van der Waals surface area contributed by atoms with Gasteiger partial charge < -0.3 is 5.32 Å². The molecule has 1 aromatic heterocycles. The molecule has 0 radical (unpaired) electrons. The summed E-state index contributed by atoms with van der Waals surface area (Å²) in [5, 5.41) is 7.45. The highest BCUT2D eigenvalue weighted by atomic mass is 35.5. The number of halogens is 2. The fourth-order valence-electron chi connectivity index (χ4n) is 2.77. The molecule has 2 aromatic carbocycles. The van der Waals surface area contributed by atoms with E-state index in [2.05, 4.69) is 10.4 Å². The maximum Gasteiger partial charge on any atom is 0.244 e. The molecule has 0 aliphatic carbocycles. The monoisotopic (exact) mass is 383 g/mol. The molecule has 0 atom stereocenters. The molecular weight excluding hydrogens is 365 g/mol. The molecule has 1 heterocycles. The van der Waals surface area contributed by atoms with Crippen LogP contribution in [0, 0.1) is 19.7 Å². The second-order valence-electron chi connectivity index (χ2n) is 6.12. The van der Waals surface area contributed by atoms with Crippen molar-refractivity contribution in [2.24, 2.45) is 0 Å². The van der Waals surface area contributed by atoms with Crippen molar-refractivity contribution in [3.63, 3.8) is 0 Å². The van der Waals surface area contributed by atoms with Gasteiger partial charge in [0.15, 0.2) is 0 Å². The molecule has 0 fully saturated rings. The Balaban J connectivity index is 1.68. The lowest BCUT2D eigenvalue weighted by molar-refractivity contribution is -0.116. The van der Waals surface area contributed by atoms with Crippen LogP contribution in [0.25, 0.3) is 11.8 Å². The van der Waals surface area contributed by atoms with Gasteiger partial charge in [-0.2, -0.15) is 5.10 Å². The summed E-state index contributed by atoms with van der Waals surface area (Å²) in [7, 11) is 0. The minimum Gasteiger partial charge on any atom is -0.348 e. The summed E-state index contributed by atoms with van der Waals surface area (Å²) < 4.78 is 15.0. The minimum atomic E-state index is -0.486. The van der Waals surface area contributed by atoms with Crippen molar-refractivity contribution in [1.82, 2.24) is 15.1 Å². The number of amides is 1. The highest BCUT2D eigenvalue weighted by Gasteiger charge is 2.13. The molecule has 27 heavy (non-hydrogen) atoms. The summed E-state index contributed by atoms with van der Waals surface area (Å²) in [4.78, 5) is 12.1. The largest absolute Gasteiger partial charge is 0.348 e. The van der Waals surface area contributed by atoms with Gasteiger partial charge in [0, 0.05) is 23.9 Å². The molecule has 0 spiro atoms. The van der Waals surface area contributed by atoms with E-state index in [-0.39, 0.29) is 10.9 Å². The summed E-state index contributed by atoms with van der Waals surface area (Å²) in [6.07, 6.45) is 2.99. The Morgan fingerprint density at radius 3 is 2.67 bits per heavy atom. The zero-order valence-electron chi connectivity index (χ0n) is 15.0. The lowest BCUT2D eigenvalue weighted by Crippen LogP contribution is -2.21. The fourth-order valence-corrected chi connectivity index (χ4v) is 2.96. The van der Waals surface area contributed by atoms with Crippen LogP contribution >= 0.6 is 11.6 Å². The van der Waals surface area contributed by atoms with E-state index in [1.165, 1.54) is 18.2 Å². The number of nitrogens with one attached hydrogen (secondary N) is 1. The van der Waals surface area contributed by atoms with Gasteiger partial charge in [0.25, 0.3) is 0 Å². The third kappa shape index (κ3) is 4.44. The van der Waals surface area contributed by atoms with E-state index in [4.69, 9.17) is 11.6 Å². The number of hydrogen-bond donors (Lipinski definition) is 1. The van der Waals surface area contributed by atoms with Gasteiger partial charge in [-0.15, -0.1) is 0 Å². The zero-order chi connectivity index (χ0) is 19.4. The highest BCUT2D eigenvalue weighted by molar-refractivity contribution is 6.30. The van der Waals surface area contributed by atoms with Crippen LogP contribution < -0.4 is 5.32 Å². The van der Waals surface area contributed by atoms with Crippen LogP contribution in [-0.2, 0) is 11.3 Å². The molecule has 0 aliphatic heterocycles. The molecule has 0 aliphatic rings. The van der Waals surface area contributed by atoms with Gasteiger partial charge in [0.1, 0.15) is 5.82 Å². The van der Waals surface area contributed by atoms with Gasteiger partial charge in [-0.25, -0.2) is 9.07 Å². The second kappa shape index (κ2) is 8.18. The van der Waals surface area contributed by atoms with Crippen molar-refractivity contribution in [2.75, 3.05) is 0 Å². The normalized spacial score (nSPS) is 11.1. The lowest BCUT2D eigenvalue weighted by atomic mass is 10.2. The Labute approximate surface area is 162 Å². The Kier molecular flexibility index (Phi) is 5.72. The first kappa shape index (κ1) is 18.9. The molecule has 0 saturated carbocycles. The van der Waals surface area contributed by atoms with E-state index in [1.807, 2.05) is 48.9 Å². The molecule has 0 saturated heterocycles. The molecule has 6 heteroatoms. The number of carbonyl (C=O) groups excluding carboxylic acids is 1. The highest BCUT2D eigenvalue weighted by Crippen LogP contribution is 2.18. The van der Waals surface area contributed by atoms with Gasteiger partial charge in [0.2, 0.25) is 5.91 Å². The van der Waals surface area contributed by atoms with Crippen LogP contribution in [0.4, 0.5) is 4.39 Å². The molecule has 0 bridgehead atoms. The van der Waals surface area contributed by atoms with Crippen molar-refractivity contribution >= 4 is 23.6 Å². The number of carbonyl (C=O) groups is 1. The van der Waals surface area contributed by atoms with Crippen LogP contribution in [0.1, 0.15) is 22.5 Å². The Morgan fingerprint density at radius 2 is 1.96 bits per heavy atom. The molecule has 138 valence electrons. The van der Waals surface area contributed by atoms with Gasteiger partial charge in [-0.05, 0) is 49.8 Å². The van der Waals surface area contributed by atoms with E-state index < -0.39 is 5.82 Å². The zero-order valence-corrected chi connectivity index (χ0v) is 15.8. The summed E-state index contributed by atoms with van der Waals surface area (Å²) in [5.74, 6) is -0.735.